The van der Waals surface area contributed by atoms with E-state index in [-0.39, 0.29) is 53.4 Å². The molecule has 3 rings (SSSR count). The Morgan fingerprint density at radius 1 is 1.39 bits per heavy atom. The summed E-state index contributed by atoms with van der Waals surface area (Å²) in [5.74, 6) is -1.05. The standard InChI is InChI=1S/C20H23F4N3O3S/c1-10(2)6-16(28)30-14-4-5-27(8-13(14)21)15-7-12(20(22,23)24)18-17(26-15)11(9-31-18)19(29)25-3/h7,9-10,13-14H,4-6,8H2,1-3H3,(H,25,29)/t13-,14-/m1/s1. The predicted octanol–water partition coefficient (Wildman–Crippen LogP) is 4.18. The van der Waals surface area contributed by atoms with Gasteiger partial charge in [-0.15, -0.1) is 11.3 Å². The molecule has 0 unspecified atom stereocenters. The highest BCUT2D eigenvalue weighted by Crippen LogP contribution is 2.40. The van der Waals surface area contributed by atoms with Crippen LogP contribution in [0.4, 0.5) is 23.4 Å². The third kappa shape index (κ3) is 5.08. The molecule has 1 saturated heterocycles. The summed E-state index contributed by atoms with van der Waals surface area (Å²) in [6, 6.07) is 0.879. The molecule has 1 aliphatic heterocycles. The van der Waals surface area contributed by atoms with Crippen LogP contribution >= 0.6 is 11.3 Å². The van der Waals surface area contributed by atoms with Gasteiger partial charge in [0, 0.05) is 31.8 Å². The number of pyridine rings is 1. The van der Waals surface area contributed by atoms with Gasteiger partial charge >= 0.3 is 12.1 Å². The molecule has 0 spiro atoms. The van der Waals surface area contributed by atoms with Gasteiger partial charge in [-0.1, -0.05) is 13.8 Å². The summed E-state index contributed by atoms with van der Waals surface area (Å²) in [6.45, 7) is 3.58. The van der Waals surface area contributed by atoms with Crippen molar-refractivity contribution in [3.05, 3.63) is 22.6 Å². The number of nitrogens with one attached hydrogen (secondary N) is 1. The van der Waals surface area contributed by atoms with E-state index in [4.69, 9.17) is 4.74 Å². The Morgan fingerprint density at radius 2 is 2.10 bits per heavy atom. The van der Waals surface area contributed by atoms with Gasteiger partial charge in [-0.25, -0.2) is 9.37 Å². The minimum Gasteiger partial charge on any atom is -0.459 e. The van der Waals surface area contributed by atoms with E-state index in [1.54, 1.807) is 0 Å². The zero-order valence-corrected chi connectivity index (χ0v) is 18.1. The van der Waals surface area contributed by atoms with Crippen molar-refractivity contribution < 1.29 is 31.9 Å². The van der Waals surface area contributed by atoms with Crippen molar-refractivity contribution in [2.24, 2.45) is 5.92 Å². The molecule has 2 aromatic rings. The number of halogens is 4. The minimum atomic E-state index is -4.67. The number of carbonyl (C=O) groups is 2. The average molecular weight is 461 g/mol. The number of ether oxygens (including phenoxy) is 1. The van der Waals surface area contributed by atoms with Crippen LogP contribution in [0, 0.1) is 5.92 Å². The number of anilines is 1. The molecule has 6 nitrogen and oxygen atoms in total. The molecule has 2 atom stereocenters. The molecule has 0 aliphatic carbocycles. The molecule has 0 bridgehead atoms. The maximum absolute atomic E-state index is 14.7. The van der Waals surface area contributed by atoms with Crippen LogP contribution in [0.3, 0.4) is 0 Å². The van der Waals surface area contributed by atoms with E-state index in [0.717, 1.165) is 17.4 Å². The second kappa shape index (κ2) is 8.97. The summed E-state index contributed by atoms with van der Waals surface area (Å²) in [4.78, 5) is 29.6. The van der Waals surface area contributed by atoms with Crippen LogP contribution in [-0.2, 0) is 15.7 Å². The fourth-order valence-corrected chi connectivity index (χ4v) is 4.46. The summed E-state index contributed by atoms with van der Waals surface area (Å²) in [7, 11) is 1.37. The summed E-state index contributed by atoms with van der Waals surface area (Å²) in [5.41, 5.74) is -0.965. The van der Waals surface area contributed by atoms with Crippen LogP contribution < -0.4 is 10.2 Å². The smallest absolute Gasteiger partial charge is 0.417 e. The first kappa shape index (κ1) is 23.2. The lowest BCUT2D eigenvalue weighted by Crippen LogP contribution is -2.47. The fraction of sp³-hybridized carbons (Fsp3) is 0.550. The van der Waals surface area contributed by atoms with E-state index >= 15 is 0 Å². The lowest BCUT2D eigenvalue weighted by atomic mass is 10.0. The average Bonchev–Trinajstić information content (AvgIpc) is 3.10. The highest BCUT2D eigenvalue weighted by molar-refractivity contribution is 7.17. The second-order valence-electron chi connectivity index (χ2n) is 7.81. The van der Waals surface area contributed by atoms with E-state index < -0.39 is 35.9 Å². The van der Waals surface area contributed by atoms with Crippen LogP contribution in [-0.4, -0.2) is 49.3 Å². The normalized spacial score (nSPS) is 19.7. The van der Waals surface area contributed by atoms with E-state index in [1.807, 2.05) is 13.8 Å². The summed E-state index contributed by atoms with van der Waals surface area (Å²) < 4.78 is 60.8. The third-order valence-corrected chi connectivity index (χ3v) is 5.95. The molecule has 1 aliphatic rings. The fourth-order valence-electron chi connectivity index (χ4n) is 3.44. The van der Waals surface area contributed by atoms with Gasteiger partial charge in [0.15, 0.2) is 6.17 Å². The van der Waals surface area contributed by atoms with Crippen molar-refractivity contribution in [3.8, 4) is 0 Å². The monoisotopic (exact) mass is 461 g/mol. The first-order valence-corrected chi connectivity index (χ1v) is 10.7. The number of amides is 1. The van der Waals surface area contributed by atoms with Gasteiger partial charge in [-0.2, -0.15) is 13.2 Å². The Labute approximate surface area is 180 Å². The molecule has 1 amide bonds. The zero-order valence-electron chi connectivity index (χ0n) is 17.3. The molecule has 31 heavy (non-hydrogen) atoms. The van der Waals surface area contributed by atoms with Gasteiger partial charge in [0.1, 0.15) is 11.9 Å². The van der Waals surface area contributed by atoms with Gasteiger partial charge in [0.2, 0.25) is 0 Å². The maximum Gasteiger partial charge on any atom is 0.417 e. The molecule has 11 heteroatoms. The molecule has 0 radical (unpaired) electrons. The Kier molecular flexibility index (Phi) is 6.73. The molecule has 0 saturated carbocycles. The van der Waals surface area contributed by atoms with E-state index in [9.17, 15) is 27.2 Å². The first-order chi connectivity index (χ1) is 14.5. The predicted molar refractivity (Wildman–Crippen MR) is 109 cm³/mol. The van der Waals surface area contributed by atoms with Crippen molar-refractivity contribution >= 4 is 39.2 Å². The van der Waals surface area contributed by atoms with E-state index in [1.165, 1.54) is 17.3 Å². The lowest BCUT2D eigenvalue weighted by molar-refractivity contribution is -0.154. The van der Waals surface area contributed by atoms with Crippen LogP contribution in [0.1, 0.15) is 42.6 Å². The summed E-state index contributed by atoms with van der Waals surface area (Å²) in [5, 5.41) is 3.71. The summed E-state index contributed by atoms with van der Waals surface area (Å²) in [6.07, 6.45) is -6.90. The van der Waals surface area contributed by atoms with Gasteiger partial charge < -0.3 is 15.0 Å². The van der Waals surface area contributed by atoms with Gasteiger partial charge in [0.05, 0.1) is 27.9 Å². The Bertz CT molecular complexity index is 976. The number of alkyl halides is 4. The number of rotatable bonds is 5. The summed E-state index contributed by atoms with van der Waals surface area (Å²) >= 11 is 0.786. The number of piperidine rings is 1. The lowest BCUT2D eigenvalue weighted by Gasteiger charge is -2.35. The molecular formula is C20H23F4N3O3S. The quantitative estimate of drug-likeness (QED) is 0.534. The molecule has 1 N–H and O–H groups in total. The van der Waals surface area contributed by atoms with Crippen LogP contribution in [0.25, 0.3) is 10.2 Å². The van der Waals surface area contributed by atoms with Crippen LogP contribution in [0.15, 0.2) is 11.4 Å². The maximum atomic E-state index is 14.7. The number of aromatic nitrogens is 1. The zero-order chi connectivity index (χ0) is 22.9. The number of carbonyl (C=O) groups excluding carboxylic acids is 2. The van der Waals surface area contributed by atoms with Gasteiger partial charge in [-0.3, -0.25) is 9.59 Å². The number of esters is 1. The molecule has 0 aromatic carbocycles. The number of hydrogen-bond donors (Lipinski definition) is 1. The Morgan fingerprint density at radius 3 is 2.68 bits per heavy atom. The molecule has 1 fully saturated rings. The van der Waals surface area contributed by atoms with Crippen LogP contribution in [0.5, 0.6) is 0 Å². The van der Waals surface area contributed by atoms with Crippen LogP contribution in [0.2, 0.25) is 0 Å². The van der Waals surface area contributed by atoms with Gasteiger partial charge in [-0.05, 0) is 12.0 Å². The van der Waals surface area contributed by atoms with Crippen molar-refractivity contribution in [3.63, 3.8) is 0 Å². The number of thiophene rings is 1. The van der Waals surface area contributed by atoms with Gasteiger partial charge in [0.25, 0.3) is 5.91 Å². The highest BCUT2D eigenvalue weighted by atomic mass is 32.1. The van der Waals surface area contributed by atoms with Crippen molar-refractivity contribution in [2.75, 3.05) is 25.0 Å². The van der Waals surface area contributed by atoms with E-state index in [2.05, 4.69) is 10.3 Å². The van der Waals surface area contributed by atoms with Crippen molar-refractivity contribution in [2.45, 2.75) is 45.1 Å². The Hall–Kier alpha value is -2.43. The SMILES string of the molecule is CNC(=O)c1csc2c(C(F)(F)F)cc(N3CC[C@@H](OC(=O)CC(C)C)[C@H](F)C3)nc12. The van der Waals surface area contributed by atoms with E-state index in [0.29, 0.717) is 0 Å². The molecule has 170 valence electrons. The van der Waals surface area contributed by atoms with Crippen molar-refractivity contribution in [1.29, 1.82) is 0 Å². The number of nitrogens with zero attached hydrogens (tertiary/aromatic N) is 2. The first-order valence-electron chi connectivity index (χ1n) is 9.81. The Balaban J connectivity index is 1.89. The largest absolute Gasteiger partial charge is 0.459 e. The number of hydrogen-bond acceptors (Lipinski definition) is 6. The second-order valence-corrected chi connectivity index (χ2v) is 8.69. The highest BCUT2D eigenvalue weighted by Gasteiger charge is 2.37. The number of fused-ring (bicyclic) bond motifs is 1. The molecule has 3 heterocycles. The molecule has 2 aromatic heterocycles. The topological polar surface area (TPSA) is 71.5 Å². The molecular weight excluding hydrogens is 438 g/mol. The van der Waals surface area contributed by atoms with Crippen molar-refractivity contribution in [1.82, 2.24) is 10.3 Å². The minimum absolute atomic E-state index is 0.0316. The third-order valence-electron chi connectivity index (χ3n) is 4.95.